The number of nitrogens with zero attached hydrogens (tertiary/aromatic N) is 2. The van der Waals surface area contributed by atoms with Crippen LogP contribution in [0.4, 0.5) is 0 Å². The van der Waals surface area contributed by atoms with Crippen molar-refractivity contribution in [2.24, 2.45) is 0 Å². The van der Waals surface area contributed by atoms with Crippen molar-refractivity contribution >= 4 is 11.6 Å². The lowest BCUT2D eigenvalue weighted by atomic mass is 9.90. The van der Waals surface area contributed by atoms with Crippen molar-refractivity contribution in [1.82, 2.24) is 9.55 Å². The van der Waals surface area contributed by atoms with E-state index in [2.05, 4.69) is 4.98 Å². The molecule has 0 fully saturated rings. The van der Waals surface area contributed by atoms with Gasteiger partial charge in [0.15, 0.2) is 0 Å². The number of carbonyl (C=O) groups excluding carboxylic acids is 2. The molecular formula is C15H14N2O2. The van der Waals surface area contributed by atoms with E-state index in [-0.39, 0.29) is 11.6 Å². The summed E-state index contributed by atoms with van der Waals surface area (Å²) >= 11 is 0. The molecular weight excluding hydrogens is 240 g/mol. The number of aryl methyl sites for hydroxylation is 1. The number of fused-ring (bicyclic) bond motifs is 2. The molecule has 96 valence electrons. The lowest BCUT2D eigenvalue weighted by Crippen LogP contribution is -2.23. The van der Waals surface area contributed by atoms with E-state index in [0.29, 0.717) is 29.1 Å². The van der Waals surface area contributed by atoms with Crippen LogP contribution in [0, 0.1) is 6.92 Å². The Balaban J connectivity index is 2.27. The molecule has 4 heteroatoms. The number of benzene rings is 1. The Morgan fingerprint density at radius 2 is 1.74 bits per heavy atom. The van der Waals surface area contributed by atoms with Crippen LogP contribution in [-0.4, -0.2) is 21.1 Å². The molecule has 19 heavy (non-hydrogen) atoms. The Kier molecular flexibility index (Phi) is 2.59. The molecule has 0 N–H and O–H groups in total. The fourth-order valence-corrected chi connectivity index (χ4v) is 2.58. The summed E-state index contributed by atoms with van der Waals surface area (Å²) in [6, 6.07) is 6.94. The predicted octanol–water partition coefficient (Wildman–Crippen LogP) is 2.38. The van der Waals surface area contributed by atoms with E-state index in [1.165, 1.54) is 0 Å². The van der Waals surface area contributed by atoms with Gasteiger partial charge in [-0.2, -0.15) is 0 Å². The molecule has 1 aromatic heterocycles. The van der Waals surface area contributed by atoms with Gasteiger partial charge in [-0.15, -0.1) is 0 Å². The SMILES string of the molecule is CCCn1c(C)nc2c1C(=O)c1ccccc1C2=O. The number of hydrogen-bond donors (Lipinski definition) is 0. The summed E-state index contributed by atoms with van der Waals surface area (Å²) in [4.78, 5) is 29.2. The molecule has 1 heterocycles. The van der Waals surface area contributed by atoms with Crippen LogP contribution < -0.4 is 0 Å². The predicted molar refractivity (Wildman–Crippen MR) is 70.6 cm³/mol. The van der Waals surface area contributed by atoms with Crippen LogP contribution >= 0.6 is 0 Å². The Morgan fingerprint density at radius 1 is 1.11 bits per heavy atom. The summed E-state index contributed by atoms with van der Waals surface area (Å²) in [5.41, 5.74) is 1.69. The maximum atomic E-state index is 12.5. The van der Waals surface area contributed by atoms with Gasteiger partial charge in [0.2, 0.25) is 11.6 Å². The van der Waals surface area contributed by atoms with Gasteiger partial charge < -0.3 is 4.57 Å². The fraction of sp³-hybridized carbons (Fsp3) is 0.267. The van der Waals surface area contributed by atoms with Crippen molar-refractivity contribution in [1.29, 1.82) is 0 Å². The second kappa shape index (κ2) is 4.16. The van der Waals surface area contributed by atoms with Gasteiger partial charge in [-0.3, -0.25) is 9.59 Å². The van der Waals surface area contributed by atoms with E-state index in [9.17, 15) is 9.59 Å². The molecule has 1 aliphatic carbocycles. The average molecular weight is 254 g/mol. The Hall–Kier alpha value is -2.23. The summed E-state index contributed by atoms with van der Waals surface area (Å²) in [5.74, 6) is 0.476. The topological polar surface area (TPSA) is 52.0 Å². The standard InChI is InChI=1S/C15H14N2O2/c1-3-8-17-9(2)16-12-13(17)15(19)11-7-5-4-6-10(11)14(12)18/h4-7H,3,8H2,1-2H3. The zero-order valence-corrected chi connectivity index (χ0v) is 10.9. The minimum atomic E-state index is -0.150. The molecule has 0 amide bonds. The van der Waals surface area contributed by atoms with Crippen LogP contribution in [0.3, 0.4) is 0 Å². The molecule has 0 saturated carbocycles. The smallest absolute Gasteiger partial charge is 0.214 e. The van der Waals surface area contributed by atoms with Crippen LogP contribution in [0.1, 0.15) is 51.3 Å². The summed E-state index contributed by atoms with van der Waals surface area (Å²) in [5, 5.41) is 0. The molecule has 1 aromatic carbocycles. The average Bonchev–Trinajstić information content (AvgIpc) is 2.75. The molecule has 0 unspecified atom stereocenters. The lowest BCUT2D eigenvalue weighted by molar-refractivity contribution is 0.0971. The summed E-state index contributed by atoms with van der Waals surface area (Å²) in [6.07, 6.45) is 0.896. The third kappa shape index (κ3) is 1.56. The third-order valence-corrected chi connectivity index (χ3v) is 3.45. The number of aromatic nitrogens is 2. The van der Waals surface area contributed by atoms with Crippen molar-refractivity contribution in [2.75, 3.05) is 0 Å². The molecule has 0 bridgehead atoms. The second-order valence-corrected chi connectivity index (χ2v) is 4.71. The fourth-order valence-electron chi connectivity index (χ4n) is 2.58. The highest BCUT2D eigenvalue weighted by Gasteiger charge is 2.34. The highest BCUT2D eigenvalue weighted by atomic mass is 16.1. The van der Waals surface area contributed by atoms with Gasteiger partial charge in [-0.1, -0.05) is 31.2 Å². The number of hydrogen-bond acceptors (Lipinski definition) is 3. The van der Waals surface area contributed by atoms with Crippen LogP contribution in [0.2, 0.25) is 0 Å². The van der Waals surface area contributed by atoms with Gasteiger partial charge in [-0.05, 0) is 13.3 Å². The van der Waals surface area contributed by atoms with E-state index in [0.717, 1.165) is 12.2 Å². The van der Waals surface area contributed by atoms with Crippen LogP contribution in [0.5, 0.6) is 0 Å². The van der Waals surface area contributed by atoms with Gasteiger partial charge in [0.05, 0.1) is 0 Å². The van der Waals surface area contributed by atoms with Gasteiger partial charge >= 0.3 is 0 Å². The highest BCUT2D eigenvalue weighted by Crippen LogP contribution is 2.27. The number of imidazole rings is 1. The molecule has 0 aliphatic heterocycles. The lowest BCUT2D eigenvalue weighted by Gasteiger charge is -2.15. The number of rotatable bonds is 2. The summed E-state index contributed by atoms with van der Waals surface area (Å²) in [7, 11) is 0. The molecule has 4 nitrogen and oxygen atoms in total. The molecule has 0 spiro atoms. The van der Waals surface area contributed by atoms with E-state index >= 15 is 0 Å². The van der Waals surface area contributed by atoms with Gasteiger partial charge in [-0.25, -0.2) is 4.98 Å². The molecule has 1 aliphatic rings. The van der Waals surface area contributed by atoms with Crippen molar-refractivity contribution in [3.63, 3.8) is 0 Å². The first-order chi connectivity index (χ1) is 9.15. The Labute approximate surface area is 111 Å². The molecule has 3 rings (SSSR count). The van der Waals surface area contributed by atoms with Gasteiger partial charge in [0, 0.05) is 17.7 Å². The van der Waals surface area contributed by atoms with Crippen molar-refractivity contribution in [3.05, 3.63) is 52.6 Å². The van der Waals surface area contributed by atoms with E-state index in [1.54, 1.807) is 24.3 Å². The maximum Gasteiger partial charge on any atom is 0.214 e. The largest absolute Gasteiger partial charge is 0.325 e. The molecule has 0 atom stereocenters. The molecule has 0 saturated heterocycles. The summed E-state index contributed by atoms with van der Waals surface area (Å²) < 4.78 is 1.85. The van der Waals surface area contributed by atoms with E-state index < -0.39 is 0 Å². The monoisotopic (exact) mass is 254 g/mol. The normalized spacial score (nSPS) is 13.4. The Morgan fingerprint density at radius 3 is 2.37 bits per heavy atom. The van der Waals surface area contributed by atoms with E-state index in [1.807, 2.05) is 18.4 Å². The third-order valence-electron chi connectivity index (χ3n) is 3.45. The zero-order valence-electron chi connectivity index (χ0n) is 10.9. The van der Waals surface area contributed by atoms with Crippen LogP contribution in [-0.2, 0) is 6.54 Å². The minimum absolute atomic E-state index is 0.0979. The molecule has 0 radical (unpaired) electrons. The van der Waals surface area contributed by atoms with Gasteiger partial charge in [0.1, 0.15) is 17.2 Å². The van der Waals surface area contributed by atoms with Crippen LogP contribution in [0.25, 0.3) is 0 Å². The van der Waals surface area contributed by atoms with Gasteiger partial charge in [0.25, 0.3) is 0 Å². The second-order valence-electron chi connectivity index (χ2n) is 4.71. The highest BCUT2D eigenvalue weighted by molar-refractivity contribution is 6.27. The molecule has 2 aromatic rings. The van der Waals surface area contributed by atoms with Crippen molar-refractivity contribution in [3.8, 4) is 0 Å². The first-order valence-corrected chi connectivity index (χ1v) is 6.40. The van der Waals surface area contributed by atoms with Crippen molar-refractivity contribution in [2.45, 2.75) is 26.8 Å². The minimum Gasteiger partial charge on any atom is -0.325 e. The van der Waals surface area contributed by atoms with Crippen molar-refractivity contribution < 1.29 is 9.59 Å². The summed E-state index contributed by atoms with van der Waals surface area (Å²) in [6.45, 7) is 4.57. The first-order valence-electron chi connectivity index (χ1n) is 6.40. The van der Waals surface area contributed by atoms with Crippen LogP contribution in [0.15, 0.2) is 24.3 Å². The zero-order chi connectivity index (χ0) is 13.6. The number of ketones is 2. The first kappa shape index (κ1) is 11.8. The Bertz CT molecular complexity index is 698. The van der Waals surface area contributed by atoms with E-state index in [4.69, 9.17) is 0 Å². The quantitative estimate of drug-likeness (QED) is 0.705. The maximum absolute atomic E-state index is 12.5. The number of carbonyl (C=O) groups is 2.